The number of aromatic nitrogens is 2. The van der Waals surface area contributed by atoms with Crippen molar-refractivity contribution in [2.45, 2.75) is 58.5 Å². The van der Waals surface area contributed by atoms with Crippen molar-refractivity contribution in [3.05, 3.63) is 53.9 Å². The van der Waals surface area contributed by atoms with Gasteiger partial charge in [0.05, 0.1) is 5.92 Å². The third-order valence-electron chi connectivity index (χ3n) is 7.24. The van der Waals surface area contributed by atoms with Gasteiger partial charge in [0.1, 0.15) is 12.6 Å². The van der Waals surface area contributed by atoms with Crippen molar-refractivity contribution in [3.63, 3.8) is 0 Å². The summed E-state index contributed by atoms with van der Waals surface area (Å²) in [5.74, 6) is 2.70. The molecule has 0 spiro atoms. The molecule has 1 aliphatic carbocycles. The minimum absolute atomic E-state index is 0.0560. The van der Waals surface area contributed by atoms with E-state index in [0.717, 1.165) is 69.9 Å². The Kier molecular flexibility index (Phi) is 8.88. The summed E-state index contributed by atoms with van der Waals surface area (Å²) in [6.07, 6.45) is 11.4. The van der Waals surface area contributed by atoms with E-state index < -0.39 is 6.10 Å². The highest BCUT2D eigenvalue weighted by Crippen LogP contribution is 2.31. The van der Waals surface area contributed by atoms with Gasteiger partial charge < -0.3 is 14.7 Å². The summed E-state index contributed by atoms with van der Waals surface area (Å²) in [5, 5.41) is 11.0. The van der Waals surface area contributed by atoms with Gasteiger partial charge in [-0.05, 0) is 74.3 Å². The minimum Gasteiger partial charge on any atom is -0.582 e. The zero-order chi connectivity index (χ0) is 24.6. The molecule has 0 bridgehead atoms. The number of ether oxygens (including phenoxy) is 1. The van der Waals surface area contributed by atoms with Crippen LogP contribution in [0.4, 0.5) is 5.95 Å². The van der Waals surface area contributed by atoms with Crippen LogP contribution in [0.1, 0.15) is 57.1 Å². The molecule has 1 fully saturated rings. The first-order valence-corrected chi connectivity index (χ1v) is 13.1. The van der Waals surface area contributed by atoms with Gasteiger partial charge in [-0.2, -0.15) is 0 Å². The number of carbonyl (C=O) groups is 1. The van der Waals surface area contributed by atoms with Crippen molar-refractivity contribution in [2.24, 2.45) is 11.8 Å². The number of aliphatic hydroxyl groups excluding tert-OH is 1. The lowest BCUT2D eigenvalue weighted by molar-refractivity contribution is -0.579. The topological polar surface area (TPSA) is 95.7 Å². The van der Waals surface area contributed by atoms with Crippen LogP contribution in [0.2, 0.25) is 0 Å². The number of hydrogen-bond acceptors (Lipinski definition) is 5. The van der Waals surface area contributed by atoms with Crippen LogP contribution in [-0.4, -0.2) is 58.1 Å². The number of primary amides is 1. The molecule has 2 aromatic rings. The predicted molar refractivity (Wildman–Crippen MR) is 138 cm³/mol. The SMILES string of the molecule is CCc1cnc(N2CCC(C[OH+]c3ccc(C4=CCC(C(=O)[NH2+]C[C@H](C)O)CC4)cc3)CC2)nc1. The quantitative estimate of drug-likeness (QED) is 0.538. The van der Waals surface area contributed by atoms with E-state index in [2.05, 4.69) is 52.1 Å². The van der Waals surface area contributed by atoms with Crippen molar-refractivity contribution < 1.29 is 20.0 Å². The van der Waals surface area contributed by atoms with Gasteiger partial charge in [-0.25, -0.2) is 14.8 Å². The molecule has 2 heterocycles. The molecule has 2 atom stereocenters. The Morgan fingerprint density at radius 3 is 2.49 bits per heavy atom. The lowest BCUT2D eigenvalue weighted by Gasteiger charge is -2.30. The molecule has 1 aromatic carbocycles. The lowest BCUT2D eigenvalue weighted by atomic mass is 9.86. The van der Waals surface area contributed by atoms with E-state index in [-0.39, 0.29) is 11.8 Å². The Morgan fingerprint density at radius 2 is 1.89 bits per heavy atom. The zero-order valence-corrected chi connectivity index (χ0v) is 21.1. The Morgan fingerprint density at radius 1 is 1.17 bits per heavy atom. The monoisotopic (exact) mass is 480 g/mol. The van der Waals surface area contributed by atoms with E-state index >= 15 is 0 Å². The highest BCUT2D eigenvalue weighted by molar-refractivity contribution is 5.73. The van der Waals surface area contributed by atoms with E-state index in [1.165, 1.54) is 16.7 Å². The summed E-state index contributed by atoms with van der Waals surface area (Å²) in [4.78, 5) is 23.6. The van der Waals surface area contributed by atoms with E-state index in [0.29, 0.717) is 12.5 Å². The Labute approximate surface area is 208 Å². The number of benzene rings is 1. The average molecular weight is 481 g/mol. The number of allylic oxidation sites excluding steroid dienone is 2. The molecule has 4 N–H and O–H groups in total. The highest BCUT2D eigenvalue weighted by Gasteiger charge is 2.26. The maximum atomic E-state index is 12.3. The predicted octanol–water partition coefficient (Wildman–Crippen LogP) is 2.85. The molecule has 7 nitrogen and oxygen atoms in total. The molecular formula is C28H40N4O3+2. The number of nitrogens with two attached hydrogens (primary N) is 1. The van der Waals surface area contributed by atoms with Gasteiger partial charge >= 0.3 is 5.91 Å². The lowest BCUT2D eigenvalue weighted by Crippen LogP contribution is -2.91. The molecule has 2 aliphatic rings. The second-order valence-corrected chi connectivity index (χ2v) is 9.95. The summed E-state index contributed by atoms with van der Waals surface area (Å²) in [6.45, 7) is 7.10. The number of nitrogens with zero attached hydrogens (tertiary/aromatic N) is 3. The fourth-order valence-corrected chi connectivity index (χ4v) is 4.83. The first kappa shape index (κ1) is 25.3. The second-order valence-electron chi connectivity index (χ2n) is 9.95. The molecule has 1 unspecified atom stereocenters. The van der Waals surface area contributed by atoms with Crippen LogP contribution in [0.5, 0.6) is 5.75 Å². The number of hydrogen-bond donors (Lipinski definition) is 2. The second kappa shape index (κ2) is 12.3. The zero-order valence-electron chi connectivity index (χ0n) is 21.1. The first-order chi connectivity index (χ1) is 17.0. The van der Waals surface area contributed by atoms with Crippen LogP contribution in [0.3, 0.4) is 0 Å². The van der Waals surface area contributed by atoms with Crippen LogP contribution >= 0.6 is 0 Å². The highest BCUT2D eigenvalue weighted by atomic mass is 16.5. The van der Waals surface area contributed by atoms with Crippen molar-refractivity contribution >= 4 is 17.4 Å². The molecule has 0 radical (unpaired) electrons. The maximum absolute atomic E-state index is 12.3. The normalized spacial score (nSPS) is 19.8. The van der Waals surface area contributed by atoms with Crippen LogP contribution in [0.15, 0.2) is 42.7 Å². The van der Waals surface area contributed by atoms with Gasteiger partial charge in [0.15, 0.2) is 6.61 Å². The Bertz CT molecular complexity index is 980. The number of anilines is 1. The third-order valence-corrected chi connectivity index (χ3v) is 7.24. The molecule has 1 saturated heterocycles. The van der Waals surface area contributed by atoms with Crippen LogP contribution in [-0.2, 0) is 11.2 Å². The first-order valence-electron chi connectivity index (χ1n) is 13.1. The van der Waals surface area contributed by atoms with Crippen molar-refractivity contribution in [3.8, 4) is 5.75 Å². The third kappa shape index (κ3) is 7.12. The standard InChI is InChI=1S/C28H38N4O3/c1-3-21-17-30-28(31-18-21)32-14-12-22(13-15-32)19-35-26-10-8-24(9-11-26)23-4-6-25(7-5-23)27(34)29-16-20(2)33/h4,8-11,17-18,20,22,25,33H,3,5-7,12-16,19H2,1-2H3,(H,29,34)/p+2/t20-,25?/m0/s1. The number of aromatic hydroxyl groups is 1. The Hall–Kier alpha value is -2.77. The Balaban J connectivity index is 1.20. The van der Waals surface area contributed by atoms with Gasteiger partial charge in [-0.1, -0.05) is 13.0 Å². The smallest absolute Gasteiger partial charge is 0.313 e. The summed E-state index contributed by atoms with van der Waals surface area (Å²) in [7, 11) is 0. The van der Waals surface area contributed by atoms with E-state index in [9.17, 15) is 9.90 Å². The fourth-order valence-electron chi connectivity index (χ4n) is 4.83. The molecule has 35 heavy (non-hydrogen) atoms. The fraction of sp³-hybridized carbons (Fsp3) is 0.536. The number of amides is 1. The molecule has 0 saturated carbocycles. The van der Waals surface area contributed by atoms with Gasteiger partial charge in [-0.15, -0.1) is 0 Å². The summed E-state index contributed by atoms with van der Waals surface area (Å²) in [6, 6.07) is 8.54. The van der Waals surface area contributed by atoms with Crippen molar-refractivity contribution in [1.82, 2.24) is 9.97 Å². The summed E-state index contributed by atoms with van der Waals surface area (Å²) in [5.41, 5.74) is 3.72. The van der Waals surface area contributed by atoms with Crippen molar-refractivity contribution in [2.75, 3.05) is 31.1 Å². The number of aliphatic hydroxyl groups is 2. The number of quaternary nitrogens is 1. The number of rotatable bonds is 9. The molecular weight excluding hydrogens is 440 g/mol. The molecule has 7 heteroatoms. The van der Waals surface area contributed by atoms with Gasteiger partial charge in [-0.3, -0.25) is 5.32 Å². The van der Waals surface area contributed by atoms with Crippen LogP contribution < -0.4 is 10.2 Å². The molecule has 1 aliphatic heterocycles. The minimum atomic E-state index is -0.455. The van der Waals surface area contributed by atoms with Gasteiger partial charge in [0.25, 0.3) is 5.75 Å². The number of aryl methyl sites for hydroxylation is 1. The van der Waals surface area contributed by atoms with Crippen molar-refractivity contribution in [1.29, 1.82) is 0 Å². The van der Waals surface area contributed by atoms with E-state index in [4.69, 9.17) is 4.74 Å². The largest absolute Gasteiger partial charge is 0.582 e. The molecule has 4 rings (SSSR count). The van der Waals surface area contributed by atoms with Gasteiger partial charge in [0.2, 0.25) is 5.95 Å². The summed E-state index contributed by atoms with van der Waals surface area (Å²) < 4.78 is 4.87. The van der Waals surface area contributed by atoms with Crippen LogP contribution in [0, 0.1) is 11.8 Å². The maximum Gasteiger partial charge on any atom is 0.313 e. The molecule has 1 aromatic heterocycles. The average Bonchev–Trinajstić information content (AvgIpc) is 2.91. The van der Waals surface area contributed by atoms with Crippen LogP contribution in [0.25, 0.3) is 5.57 Å². The number of carbonyl (C=O) groups excluding carboxylic acids is 1. The number of piperidine rings is 1. The molecule has 188 valence electrons. The van der Waals surface area contributed by atoms with Gasteiger partial charge in [0, 0.05) is 43.5 Å². The van der Waals surface area contributed by atoms with E-state index in [1.54, 1.807) is 12.2 Å². The molecule has 1 amide bonds. The van der Waals surface area contributed by atoms with E-state index in [1.807, 2.05) is 12.4 Å². The summed E-state index contributed by atoms with van der Waals surface area (Å²) >= 11 is 0.